The molecule has 2 heterocycles. The van der Waals surface area contributed by atoms with Crippen molar-refractivity contribution >= 4 is 40.8 Å². The predicted molar refractivity (Wildman–Crippen MR) is 131 cm³/mol. The van der Waals surface area contributed by atoms with Crippen LogP contribution in [0.2, 0.25) is 10.0 Å². The number of pyridine rings is 1. The van der Waals surface area contributed by atoms with E-state index in [0.29, 0.717) is 5.56 Å². The number of carbonyl (C=O) groups is 2. The molecule has 8 nitrogen and oxygen atoms in total. The van der Waals surface area contributed by atoms with Crippen LogP contribution >= 0.6 is 23.2 Å². The first-order valence-electron chi connectivity index (χ1n) is 10.6. The first-order valence-corrected chi connectivity index (χ1v) is 11.4. The number of carbonyl (C=O) groups excluding carboxylic acids is 2. The second kappa shape index (κ2) is 10.1. The molecule has 0 aliphatic heterocycles. The highest BCUT2D eigenvalue weighted by Gasteiger charge is 2.34. The van der Waals surface area contributed by atoms with Crippen LogP contribution < -0.4 is 0 Å². The molecule has 2 aromatic heterocycles. The Balaban J connectivity index is 2.24. The van der Waals surface area contributed by atoms with Gasteiger partial charge in [0.2, 0.25) is 0 Å². The Morgan fingerprint density at radius 2 is 1.57 bits per heavy atom. The molecule has 0 spiro atoms. The van der Waals surface area contributed by atoms with E-state index >= 15 is 0 Å². The Labute approximate surface area is 210 Å². The van der Waals surface area contributed by atoms with Crippen molar-refractivity contribution in [3.05, 3.63) is 75.4 Å². The molecule has 0 N–H and O–H groups in total. The van der Waals surface area contributed by atoms with Crippen LogP contribution in [0.25, 0.3) is 28.2 Å². The van der Waals surface area contributed by atoms with Gasteiger partial charge in [-0.05, 0) is 26.0 Å². The quantitative estimate of drug-likeness (QED) is 0.312. The molecular formula is C25H18Cl2N4O4. The monoisotopic (exact) mass is 508 g/mol. The van der Waals surface area contributed by atoms with Gasteiger partial charge in [0.1, 0.15) is 17.2 Å². The topological polar surface area (TPSA) is 107 Å². The molecule has 4 aromatic rings. The number of hydrogen-bond acceptors (Lipinski definition) is 7. The highest BCUT2D eigenvalue weighted by Crippen LogP contribution is 2.41. The van der Waals surface area contributed by atoms with Crippen molar-refractivity contribution in [3.63, 3.8) is 0 Å². The largest absolute Gasteiger partial charge is 0.462 e. The standard InChI is InChI=1S/C25H18Cl2N4O4/c1-3-34-24(32)20-18(19-16(26)11-8-12-17(19)27)15(13-28)23-29-22(14-9-6-5-7-10-14)30-31(23)21(20)25(33)35-4-2/h5-12H,3-4H2,1-2H3. The molecule has 0 saturated heterocycles. The van der Waals surface area contributed by atoms with Gasteiger partial charge in [0.15, 0.2) is 17.2 Å². The molecular weight excluding hydrogens is 491 g/mol. The number of benzene rings is 2. The number of nitrogens with zero attached hydrogens (tertiary/aromatic N) is 4. The Morgan fingerprint density at radius 1 is 0.943 bits per heavy atom. The Hall–Kier alpha value is -3.93. The predicted octanol–water partition coefficient (Wildman–Crippen LogP) is 5.60. The van der Waals surface area contributed by atoms with E-state index in [1.54, 1.807) is 56.3 Å². The van der Waals surface area contributed by atoms with Gasteiger partial charge >= 0.3 is 11.9 Å². The van der Waals surface area contributed by atoms with Crippen LogP contribution in [0.3, 0.4) is 0 Å². The van der Waals surface area contributed by atoms with E-state index < -0.39 is 11.9 Å². The molecule has 0 bridgehead atoms. The summed E-state index contributed by atoms with van der Waals surface area (Å²) in [5.74, 6) is -1.47. The molecule has 0 unspecified atom stereocenters. The lowest BCUT2D eigenvalue weighted by Crippen LogP contribution is -2.21. The number of halogens is 2. The van der Waals surface area contributed by atoms with Gasteiger partial charge in [-0.25, -0.2) is 19.1 Å². The molecule has 35 heavy (non-hydrogen) atoms. The van der Waals surface area contributed by atoms with E-state index in [4.69, 9.17) is 32.7 Å². The van der Waals surface area contributed by atoms with Crippen LogP contribution in [-0.2, 0) is 9.47 Å². The van der Waals surface area contributed by atoms with E-state index in [2.05, 4.69) is 16.2 Å². The molecule has 0 radical (unpaired) electrons. The summed E-state index contributed by atoms with van der Waals surface area (Å²) in [6, 6.07) is 15.8. The lowest BCUT2D eigenvalue weighted by atomic mass is 9.93. The van der Waals surface area contributed by atoms with Gasteiger partial charge in [0, 0.05) is 26.7 Å². The fourth-order valence-electron chi connectivity index (χ4n) is 3.68. The van der Waals surface area contributed by atoms with Crippen LogP contribution in [0, 0.1) is 11.3 Å². The maximum atomic E-state index is 13.3. The highest BCUT2D eigenvalue weighted by atomic mass is 35.5. The highest BCUT2D eigenvalue weighted by molar-refractivity contribution is 6.39. The van der Waals surface area contributed by atoms with Crippen molar-refractivity contribution in [3.8, 4) is 28.6 Å². The minimum absolute atomic E-state index is 0.0172. The molecule has 0 amide bonds. The van der Waals surface area contributed by atoms with Crippen molar-refractivity contribution < 1.29 is 19.1 Å². The number of nitriles is 1. The van der Waals surface area contributed by atoms with Crippen molar-refractivity contribution in [2.45, 2.75) is 13.8 Å². The zero-order valence-electron chi connectivity index (χ0n) is 18.7. The second-order valence-corrected chi connectivity index (χ2v) is 7.97. The first kappa shape index (κ1) is 24.2. The Morgan fingerprint density at radius 3 is 2.17 bits per heavy atom. The van der Waals surface area contributed by atoms with Gasteiger partial charge in [-0.3, -0.25) is 0 Å². The number of aromatic nitrogens is 3. The molecule has 4 rings (SSSR count). The van der Waals surface area contributed by atoms with Crippen LogP contribution in [-0.4, -0.2) is 39.8 Å². The smallest absolute Gasteiger partial charge is 0.358 e. The molecule has 10 heteroatoms. The molecule has 0 aliphatic rings. The van der Waals surface area contributed by atoms with Crippen molar-refractivity contribution in [1.29, 1.82) is 5.26 Å². The van der Waals surface area contributed by atoms with Crippen molar-refractivity contribution in [2.75, 3.05) is 13.2 Å². The van der Waals surface area contributed by atoms with E-state index in [9.17, 15) is 14.9 Å². The fraction of sp³-hybridized carbons (Fsp3) is 0.160. The minimum Gasteiger partial charge on any atom is -0.462 e. The summed E-state index contributed by atoms with van der Waals surface area (Å²) in [5, 5.41) is 15.0. The van der Waals surface area contributed by atoms with Crippen LogP contribution in [0.4, 0.5) is 0 Å². The summed E-state index contributed by atoms with van der Waals surface area (Å²) in [4.78, 5) is 31.0. The van der Waals surface area contributed by atoms with Gasteiger partial charge in [-0.2, -0.15) is 5.26 Å². The number of fused-ring (bicyclic) bond motifs is 1. The SMILES string of the molecule is CCOC(=O)c1c(-c2c(Cl)cccc2Cl)c(C#N)c2nc(-c3ccccc3)nn2c1C(=O)OCC. The third kappa shape index (κ3) is 4.32. The third-order valence-corrected chi connectivity index (χ3v) is 5.71. The third-order valence-electron chi connectivity index (χ3n) is 5.08. The number of ether oxygens (including phenoxy) is 2. The summed E-state index contributed by atoms with van der Waals surface area (Å²) in [7, 11) is 0. The zero-order valence-corrected chi connectivity index (χ0v) is 20.2. The summed E-state index contributed by atoms with van der Waals surface area (Å²) in [5.41, 5.74) is 0.342. The maximum Gasteiger partial charge on any atom is 0.358 e. The zero-order chi connectivity index (χ0) is 25.1. The lowest BCUT2D eigenvalue weighted by molar-refractivity contribution is 0.0471. The summed E-state index contributed by atoms with van der Waals surface area (Å²) in [6.45, 7) is 3.30. The fourth-order valence-corrected chi connectivity index (χ4v) is 4.27. The van der Waals surface area contributed by atoms with E-state index in [1.807, 2.05) is 6.07 Å². The molecule has 176 valence electrons. The summed E-state index contributed by atoms with van der Waals surface area (Å²) < 4.78 is 11.7. The van der Waals surface area contributed by atoms with Gasteiger partial charge in [0.05, 0.1) is 13.2 Å². The maximum absolute atomic E-state index is 13.3. The average molecular weight is 509 g/mol. The average Bonchev–Trinajstić information content (AvgIpc) is 3.28. The van der Waals surface area contributed by atoms with E-state index in [0.717, 1.165) is 4.52 Å². The van der Waals surface area contributed by atoms with E-state index in [-0.39, 0.29) is 62.7 Å². The number of rotatable bonds is 6. The lowest BCUT2D eigenvalue weighted by Gasteiger charge is -2.18. The normalized spacial score (nSPS) is 10.7. The summed E-state index contributed by atoms with van der Waals surface area (Å²) in [6.07, 6.45) is 0. The Bertz CT molecular complexity index is 1470. The van der Waals surface area contributed by atoms with Gasteiger partial charge in [0.25, 0.3) is 0 Å². The first-order chi connectivity index (χ1) is 16.9. The molecule has 0 atom stereocenters. The summed E-state index contributed by atoms with van der Waals surface area (Å²) >= 11 is 13.0. The molecule has 0 fully saturated rings. The van der Waals surface area contributed by atoms with Crippen LogP contribution in [0.5, 0.6) is 0 Å². The van der Waals surface area contributed by atoms with Gasteiger partial charge in [-0.15, -0.1) is 5.10 Å². The second-order valence-electron chi connectivity index (χ2n) is 7.16. The van der Waals surface area contributed by atoms with Gasteiger partial charge < -0.3 is 9.47 Å². The number of hydrogen-bond donors (Lipinski definition) is 0. The molecule has 0 aliphatic carbocycles. The van der Waals surface area contributed by atoms with E-state index in [1.165, 1.54) is 0 Å². The van der Waals surface area contributed by atoms with Crippen LogP contribution in [0.15, 0.2) is 48.5 Å². The van der Waals surface area contributed by atoms with Gasteiger partial charge in [-0.1, -0.05) is 59.6 Å². The molecule has 0 saturated carbocycles. The van der Waals surface area contributed by atoms with Crippen LogP contribution in [0.1, 0.15) is 40.3 Å². The van der Waals surface area contributed by atoms with Crippen molar-refractivity contribution in [2.24, 2.45) is 0 Å². The minimum atomic E-state index is -0.864. The number of esters is 2. The Kier molecular flexibility index (Phi) is 7.01. The van der Waals surface area contributed by atoms with Crippen molar-refractivity contribution in [1.82, 2.24) is 14.6 Å². The molecule has 2 aromatic carbocycles.